The molecule has 0 heterocycles. The van der Waals surface area contributed by atoms with E-state index in [0.29, 0.717) is 0 Å². The average molecular weight is 288 g/mol. The van der Waals surface area contributed by atoms with Gasteiger partial charge in [0.25, 0.3) is 5.69 Å². The van der Waals surface area contributed by atoms with Crippen molar-refractivity contribution in [3.05, 3.63) is 75.6 Å². The van der Waals surface area contributed by atoms with Crippen LogP contribution < -0.4 is 5.32 Å². The van der Waals surface area contributed by atoms with Gasteiger partial charge in [-0.25, -0.2) is 4.39 Å². The molecule has 0 saturated heterocycles. The molecule has 0 aliphatic carbocycles. The molecule has 0 aliphatic heterocycles. The molecular formula is C15H13FN2O3. The fourth-order valence-electron chi connectivity index (χ4n) is 1.85. The standard InChI is InChI=1S/C15H13FN2O3/c16-14-7-6-13(18(20)21)9-12(14)10-17-15(19)8-11-4-2-1-3-5-11/h1-7,9H,8,10H2,(H,17,19). The predicted molar refractivity (Wildman–Crippen MR) is 75.0 cm³/mol. The lowest BCUT2D eigenvalue weighted by molar-refractivity contribution is -0.385. The zero-order chi connectivity index (χ0) is 15.2. The number of hydrogen-bond acceptors (Lipinski definition) is 3. The van der Waals surface area contributed by atoms with E-state index in [4.69, 9.17) is 0 Å². The van der Waals surface area contributed by atoms with Gasteiger partial charge in [-0.15, -0.1) is 0 Å². The number of nitro benzene ring substituents is 1. The molecule has 6 heteroatoms. The molecule has 0 spiro atoms. The molecule has 1 amide bonds. The molecular weight excluding hydrogens is 275 g/mol. The average Bonchev–Trinajstić information content (AvgIpc) is 2.47. The number of rotatable bonds is 5. The van der Waals surface area contributed by atoms with Crippen molar-refractivity contribution in [1.82, 2.24) is 5.32 Å². The number of carbonyl (C=O) groups is 1. The fourth-order valence-corrected chi connectivity index (χ4v) is 1.85. The van der Waals surface area contributed by atoms with Gasteiger partial charge >= 0.3 is 0 Å². The van der Waals surface area contributed by atoms with Crippen LogP contribution in [0.2, 0.25) is 0 Å². The highest BCUT2D eigenvalue weighted by Gasteiger charge is 2.11. The van der Waals surface area contributed by atoms with E-state index in [1.165, 1.54) is 0 Å². The van der Waals surface area contributed by atoms with Gasteiger partial charge < -0.3 is 5.32 Å². The Hall–Kier alpha value is -2.76. The van der Waals surface area contributed by atoms with Crippen LogP contribution in [0.15, 0.2) is 48.5 Å². The molecule has 2 rings (SSSR count). The summed E-state index contributed by atoms with van der Waals surface area (Å²) >= 11 is 0. The van der Waals surface area contributed by atoms with Crippen LogP contribution in [0.4, 0.5) is 10.1 Å². The number of benzene rings is 2. The predicted octanol–water partition coefficient (Wildman–Crippen LogP) is 2.59. The first kappa shape index (κ1) is 14.6. The highest BCUT2D eigenvalue weighted by molar-refractivity contribution is 5.78. The summed E-state index contributed by atoms with van der Waals surface area (Å²) in [5.74, 6) is -0.854. The number of halogens is 1. The topological polar surface area (TPSA) is 72.2 Å². The Balaban J connectivity index is 1.98. The molecule has 0 fully saturated rings. The van der Waals surface area contributed by atoms with Gasteiger partial charge in [0.1, 0.15) is 5.82 Å². The van der Waals surface area contributed by atoms with E-state index in [0.717, 1.165) is 23.8 Å². The second-order valence-electron chi connectivity index (χ2n) is 4.47. The molecule has 108 valence electrons. The van der Waals surface area contributed by atoms with Crippen LogP contribution in [-0.4, -0.2) is 10.8 Å². The summed E-state index contributed by atoms with van der Waals surface area (Å²) in [6, 6.07) is 12.4. The van der Waals surface area contributed by atoms with Gasteiger partial charge in [-0.2, -0.15) is 0 Å². The largest absolute Gasteiger partial charge is 0.352 e. The van der Waals surface area contributed by atoms with Crippen LogP contribution in [-0.2, 0) is 17.8 Å². The van der Waals surface area contributed by atoms with Gasteiger partial charge in [0.15, 0.2) is 0 Å². The smallest absolute Gasteiger partial charge is 0.269 e. The summed E-state index contributed by atoms with van der Waals surface area (Å²) in [4.78, 5) is 21.8. The maximum Gasteiger partial charge on any atom is 0.269 e. The molecule has 21 heavy (non-hydrogen) atoms. The summed E-state index contributed by atoms with van der Waals surface area (Å²) in [5, 5.41) is 13.2. The van der Waals surface area contributed by atoms with Crippen LogP contribution in [0.1, 0.15) is 11.1 Å². The van der Waals surface area contributed by atoms with E-state index in [-0.39, 0.29) is 30.1 Å². The van der Waals surface area contributed by atoms with E-state index in [1.54, 1.807) is 0 Å². The molecule has 1 N–H and O–H groups in total. The van der Waals surface area contributed by atoms with E-state index < -0.39 is 10.7 Å². The van der Waals surface area contributed by atoms with Crippen molar-refractivity contribution in [1.29, 1.82) is 0 Å². The number of hydrogen-bond donors (Lipinski definition) is 1. The molecule has 0 bridgehead atoms. The molecule has 0 aromatic heterocycles. The minimum absolute atomic E-state index is 0.0841. The van der Waals surface area contributed by atoms with Gasteiger partial charge in [-0.05, 0) is 11.6 Å². The summed E-state index contributed by atoms with van der Waals surface area (Å²) < 4.78 is 13.5. The highest BCUT2D eigenvalue weighted by atomic mass is 19.1. The van der Waals surface area contributed by atoms with Gasteiger partial charge in [0.05, 0.1) is 11.3 Å². The lowest BCUT2D eigenvalue weighted by Gasteiger charge is -2.06. The Morgan fingerprint density at radius 3 is 2.57 bits per heavy atom. The lowest BCUT2D eigenvalue weighted by atomic mass is 10.1. The van der Waals surface area contributed by atoms with Crippen molar-refractivity contribution >= 4 is 11.6 Å². The first-order chi connectivity index (χ1) is 10.1. The zero-order valence-corrected chi connectivity index (χ0v) is 11.1. The van der Waals surface area contributed by atoms with Crippen molar-refractivity contribution in [2.45, 2.75) is 13.0 Å². The summed E-state index contributed by atoms with van der Waals surface area (Å²) in [6.07, 6.45) is 0.178. The fraction of sp³-hybridized carbons (Fsp3) is 0.133. The Morgan fingerprint density at radius 1 is 1.19 bits per heavy atom. The third-order valence-corrected chi connectivity index (χ3v) is 2.92. The SMILES string of the molecule is O=C(Cc1ccccc1)NCc1cc([N+](=O)[O-])ccc1F. The molecule has 2 aromatic rings. The van der Waals surface area contributed by atoms with Gasteiger partial charge in [-0.1, -0.05) is 30.3 Å². The van der Waals surface area contributed by atoms with Crippen LogP contribution in [0.25, 0.3) is 0 Å². The Morgan fingerprint density at radius 2 is 1.90 bits per heavy atom. The Labute approximate surface area is 120 Å². The van der Waals surface area contributed by atoms with Crippen molar-refractivity contribution in [3.63, 3.8) is 0 Å². The third-order valence-electron chi connectivity index (χ3n) is 2.92. The van der Waals surface area contributed by atoms with Crippen LogP contribution in [0.3, 0.4) is 0 Å². The van der Waals surface area contributed by atoms with Crippen LogP contribution in [0.5, 0.6) is 0 Å². The first-order valence-electron chi connectivity index (χ1n) is 6.29. The molecule has 2 aromatic carbocycles. The lowest BCUT2D eigenvalue weighted by Crippen LogP contribution is -2.25. The molecule has 0 saturated carbocycles. The van der Waals surface area contributed by atoms with Crippen molar-refractivity contribution in [2.24, 2.45) is 0 Å². The van der Waals surface area contributed by atoms with Crippen LogP contribution >= 0.6 is 0 Å². The van der Waals surface area contributed by atoms with Crippen molar-refractivity contribution in [2.75, 3.05) is 0 Å². The molecule has 0 aliphatic rings. The summed E-state index contributed by atoms with van der Waals surface area (Å²) in [6.45, 7) is -0.0841. The van der Waals surface area contributed by atoms with Crippen LogP contribution in [0, 0.1) is 15.9 Å². The molecule has 0 unspecified atom stereocenters. The molecule has 5 nitrogen and oxygen atoms in total. The number of nitro groups is 1. The van der Waals surface area contributed by atoms with Gasteiger partial charge in [0.2, 0.25) is 5.91 Å². The Kier molecular flexibility index (Phi) is 4.61. The summed E-state index contributed by atoms with van der Waals surface area (Å²) in [7, 11) is 0. The number of nitrogens with one attached hydrogen (secondary N) is 1. The van der Waals surface area contributed by atoms with E-state index in [9.17, 15) is 19.3 Å². The normalized spacial score (nSPS) is 10.1. The second kappa shape index (κ2) is 6.60. The van der Waals surface area contributed by atoms with E-state index in [1.807, 2.05) is 30.3 Å². The maximum absolute atomic E-state index is 13.5. The van der Waals surface area contributed by atoms with Gasteiger partial charge in [-0.3, -0.25) is 14.9 Å². The maximum atomic E-state index is 13.5. The van der Waals surface area contributed by atoms with Crippen molar-refractivity contribution in [3.8, 4) is 0 Å². The Bertz CT molecular complexity index is 659. The zero-order valence-electron chi connectivity index (χ0n) is 11.1. The molecule has 0 atom stereocenters. The molecule has 0 radical (unpaired) electrons. The number of non-ortho nitro benzene ring substituents is 1. The number of carbonyl (C=O) groups excluding carboxylic acids is 1. The quantitative estimate of drug-likeness (QED) is 0.679. The minimum Gasteiger partial charge on any atom is -0.352 e. The number of amides is 1. The van der Waals surface area contributed by atoms with Gasteiger partial charge in [0, 0.05) is 24.2 Å². The van der Waals surface area contributed by atoms with Crippen molar-refractivity contribution < 1.29 is 14.1 Å². The second-order valence-corrected chi connectivity index (χ2v) is 4.47. The number of nitrogens with zero attached hydrogens (tertiary/aromatic N) is 1. The third kappa shape index (κ3) is 4.10. The van der Waals surface area contributed by atoms with E-state index >= 15 is 0 Å². The summed E-state index contributed by atoms with van der Waals surface area (Å²) in [5.41, 5.74) is 0.726. The highest BCUT2D eigenvalue weighted by Crippen LogP contribution is 2.16. The monoisotopic (exact) mass is 288 g/mol. The first-order valence-corrected chi connectivity index (χ1v) is 6.29. The minimum atomic E-state index is -0.602. The van der Waals surface area contributed by atoms with E-state index in [2.05, 4.69) is 5.32 Å².